The number of rotatable bonds is 3. The van der Waals surface area contributed by atoms with Crippen LogP contribution in [0.4, 0.5) is 5.69 Å². The molecule has 114 valence electrons. The standard InChI is InChI=1S/C18H24BrNO/c1-13-11-16-12-14(9-10-19)7-8-17(16)20(13)18(21)15-5-3-2-4-6-15/h7-8,12-13,15H,2-6,9-11H2,1H3. The van der Waals surface area contributed by atoms with Crippen molar-refractivity contribution in [2.45, 2.75) is 57.9 Å². The molecule has 1 aromatic carbocycles. The number of halogens is 1. The van der Waals surface area contributed by atoms with Gasteiger partial charge < -0.3 is 4.90 Å². The molecule has 1 unspecified atom stereocenters. The normalized spacial score (nSPS) is 22.4. The molecule has 2 aliphatic rings. The molecule has 0 spiro atoms. The second kappa shape index (κ2) is 6.51. The van der Waals surface area contributed by atoms with E-state index in [1.165, 1.54) is 30.4 Å². The number of anilines is 1. The third-order valence-electron chi connectivity index (χ3n) is 4.93. The Bertz CT molecular complexity index is 522. The number of alkyl halides is 1. The number of hydrogen-bond acceptors (Lipinski definition) is 1. The molecule has 0 radical (unpaired) electrons. The van der Waals surface area contributed by atoms with Crippen LogP contribution in [0.25, 0.3) is 0 Å². The van der Waals surface area contributed by atoms with E-state index in [-0.39, 0.29) is 5.92 Å². The molecule has 1 saturated carbocycles. The Morgan fingerprint density at radius 2 is 2.05 bits per heavy atom. The highest BCUT2D eigenvalue weighted by Gasteiger charge is 2.35. The van der Waals surface area contributed by atoms with Gasteiger partial charge in [-0.25, -0.2) is 0 Å². The van der Waals surface area contributed by atoms with Crippen LogP contribution in [-0.2, 0) is 17.6 Å². The fourth-order valence-corrected chi connectivity index (χ4v) is 4.29. The van der Waals surface area contributed by atoms with Gasteiger partial charge in [-0.15, -0.1) is 0 Å². The molecule has 3 rings (SSSR count). The lowest BCUT2D eigenvalue weighted by Gasteiger charge is -2.29. The smallest absolute Gasteiger partial charge is 0.230 e. The van der Waals surface area contributed by atoms with Crippen molar-refractivity contribution in [2.24, 2.45) is 5.92 Å². The number of carbonyl (C=O) groups excluding carboxylic acids is 1. The maximum Gasteiger partial charge on any atom is 0.230 e. The van der Waals surface area contributed by atoms with E-state index < -0.39 is 0 Å². The molecule has 1 aliphatic heterocycles. The molecule has 1 amide bonds. The molecule has 3 heteroatoms. The fourth-order valence-electron chi connectivity index (χ4n) is 3.83. The third kappa shape index (κ3) is 3.03. The summed E-state index contributed by atoms with van der Waals surface area (Å²) in [5.41, 5.74) is 3.88. The van der Waals surface area contributed by atoms with Crippen LogP contribution in [0.2, 0.25) is 0 Å². The van der Waals surface area contributed by atoms with E-state index in [0.717, 1.165) is 36.7 Å². The Hall–Kier alpha value is -0.830. The average Bonchev–Trinajstić information content (AvgIpc) is 2.83. The van der Waals surface area contributed by atoms with Crippen LogP contribution in [0.5, 0.6) is 0 Å². The number of amides is 1. The van der Waals surface area contributed by atoms with Crippen LogP contribution in [-0.4, -0.2) is 17.3 Å². The molecule has 0 bridgehead atoms. The van der Waals surface area contributed by atoms with Gasteiger partial charge in [0, 0.05) is 23.0 Å². The summed E-state index contributed by atoms with van der Waals surface area (Å²) in [4.78, 5) is 15.0. The second-order valence-corrected chi connectivity index (χ2v) is 7.29. The molecule has 0 aromatic heterocycles. The average molecular weight is 350 g/mol. The molecule has 0 N–H and O–H groups in total. The minimum Gasteiger partial charge on any atom is -0.309 e. The van der Waals surface area contributed by atoms with Crippen LogP contribution in [0, 0.1) is 5.92 Å². The molecule has 1 aliphatic carbocycles. The minimum atomic E-state index is 0.259. The maximum atomic E-state index is 12.9. The van der Waals surface area contributed by atoms with Gasteiger partial charge in [0.1, 0.15) is 0 Å². The third-order valence-corrected chi connectivity index (χ3v) is 5.33. The Kier molecular flexibility index (Phi) is 4.68. The largest absolute Gasteiger partial charge is 0.309 e. The van der Waals surface area contributed by atoms with Gasteiger partial charge in [-0.2, -0.15) is 0 Å². The number of nitrogens with zero attached hydrogens (tertiary/aromatic N) is 1. The zero-order valence-electron chi connectivity index (χ0n) is 12.8. The molecule has 2 nitrogen and oxygen atoms in total. The molecular weight excluding hydrogens is 326 g/mol. The monoisotopic (exact) mass is 349 g/mol. The molecule has 1 fully saturated rings. The number of benzene rings is 1. The van der Waals surface area contributed by atoms with Crippen molar-refractivity contribution in [3.8, 4) is 0 Å². The van der Waals surface area contributed by atoms with Crippen LogP contribution in [0.1, 0.15) is 50.2 Å². The summed E-state index contributed by atoms with van der Waals surface area (Å²) in [7, 11) is 0. The minimum absolute atomic E-state index is 0.259. The van der Waals surface area contributed by atoms with E-state index in [0.29, 0.717) is 11.9 Å². The summed E-state index contributed by atoms with van der Waals surface area (Å²) >= 11 is 3.50. The first-order valence-corrected chi connectivity index (χ1v) is 9.33. The van der Waals surface area contributed by atoms with Crippen molar-refractivity contribution < 1.29 is 4.79 Å². The highest BCUT2D eigenvalue weighted by Crippen LogP contribution is 2.36. The quantitative estimate of drug-likeness (QED) is 0.736. The fraction of sp³-hybridized carbons (Fsp3) is 0.611. The zero-order chi connectivity index (χ0) is 14.8. The Labute approximate surface area is 136 Å². The van der Waals surface area contributed by atoms with E-state index in [1.54, 1.807) is 0 Å². The zero-order valence-corrected chi connectivity index (χ0v) is 14.4. The molecule has 1 aromatic rings. The maximum absolute atomic E-state index is 12.9. The molecule has 1 heterocycles. The van der Waals surface area contributed by atoms with Crippen LogP contribution < -0.4 is 4.90 Å². The Morgan fingerprint density at radius 1 is 1.29 bits per heavy atom. The van der Waals surface area contributed by atoms with Crippen molar-refractivity contribution in [1.82, 2.24) is 0 Å². The first-order chi connectivity index (χ1) is 10.2. The lowest BCUT2D eigenvalue weighted by atomic mass is 9.88. The molecule has 0 saturated heterocycles. The summed E-state index contributed by atoms with van der Waals surface area (Å²) in [6.07, 6.45) is 7.96. The van der Waals surface area contributed by atoms with Gasteiger partial charge in [0.15, 0.2) is 0 Å². The highest BCUT2D eigenvalue weighted by atomic mass is 79.9. The lowest BCUT2D eigenvalue weighted by Crippen LogP contribution is -2.40. The molecular formula is C18H24BrNO. The van der Waals surface area contributed by atoms with Gasteiger partial charge in [0.25, 0.3) is 0 Å². The van der Waals surface area contributed by atoms with Crippen molar-refractivity contribution in [3.05, 3.63) is 29.3 Å². The summed E-state index contributed by atoms with van der Waals surface area (Å²) < 4.78 is 0. The summed E-state index contributed by atoms with van der Waals surface area (Å²) in [5, 5.41) is 0.992. The van der Waals surface area contributed by atoms with Gasteiger partial charge in [0.2, 0.25) is 5.91 Å². The summed E-state index contributed by atoms with van der Waals surface area (Å²) in [5.74, 6) is 0.628. The number of fused-ring (bicyclic) bond motifs is 1. The topological polar surface area (TPSA) is 20.3 Å². The Morgan fingerprint density at radius 3 is 2.76 bits per heavy atom. The molecule has 21 heavy (non-hydrogen) atoms. The predicted octanol–water partition coefficient (Wildman–Crippen LogP) is 4.48. The lowest BCUT2D eigenvalue weighted by molar-refractivity contribution is -0.123. The number of aryl methyl sites for hydroxylation is 1. The first-order valence-electron chi connectivity index (χ1n) is 8.21. The second-order valence-electron chi connectivity index (χ2n) is 6.50. The van der Waals surface area contributed by atoms with Gasteiger partial charge in [-0.1, -0.05) is 47.3 Å². The van der Waals surface area contributed by atoms with Gasteiger partial charge in [-0.3, -0.25) is 4.79 Å². The molecule has 1 atom stereocenters. The van der Waals surface area contributed by atoms with Gasteiger partial charge in [-0.05, 0) is 49.8 Å². The van der Waals surface area contributed by atoms with Crippen LogP contribution in [0.15, 0.2) is 18.2 Å². The van der Waals surface area contributed by atoms with E-state index >= 15 is 0 Å². The van der Waals surface area contributed by atoms with Crippen LogP contribution in [0.3, 0.4) is 0 Å². The summed E-state index contributed by atoms with van der Waals surface area (Å²) in [6, 6.07) is 6.95. The van der Waals surface area contributed by atoms with E-state index in [1.807, 2.05) is 0 Å². The van der Waals surface area contributed by atoms with E-state index in [4.69, 9.17) is 0 Å². The van der Waals surface area contributed by atoms with Crippen LogP contribution >= 0.6 is 15.9 Å². The highest BCUT2D eigenvalue weighted by molar-refractivity contribution is 9.09. The number of hydrogen-bond donors (Lipinski definition) is 0. The van der Waals surface area contributed by atoms with E-state index in [9.17, 15) is 4.79 Å². The van der Waals surface area contributed by atoms with Crippen molar-refractivity contribution >= 4 is 27.5 Å². The van der Waals surface area contributed by atoms with Crippen molar-refractivity contribution in [1.29, 1.82) is 0 Å². The predicted molar refractivity (Wildman–Crippen MR) is 91.2 cm³/mol. The van der Waals surface area contributed by atoms with E-state index in [2.05, 4.69) is 46.0 Å². The summed E-state index contributed by atoms with van der Waals surface area (Å²) in [6.45, 7) is 2.19. The van der Waals surface area contributed by atoms with Crippen molar-refractivity contribution in [2.75, 3.05) is 10.2 Å². The van der Waals surface area contributed by atoms with Crippen molar-refractivity contribution in [3.63, 3.8) is 0 Å². The Balaban J connectivity index is 1.82. The van der Waals surface area contributed by atoms with Gasteiger partial charge in [0.05, 0.1) is 0 Å². The SMILES string of the molecule is CC1Cc2cc(CCBr)ccc2N1C(=O)C1CCCCC1. The first kappa shape index (κ1) is 15.1. The number of carbonyl (C=O) groups is 1. The van der Waals surface area contributed by atoms with Gasteiger partial charge >= 0.3 is 0 Å².